The Labute approximate surface area is 99.2 Å². The van der Waals surface area contributed by atoms with E-state index in [-0.39, 0.29) is 0 Å². The van der Waals surface area contributed by atoms with Crippen molar-refractivity contribution in [2.24, 2.45) is 13.0 Å². The number of hydrogen-bond acceptors (Lipinski definition) is 2. The van der Waals surface area contributed by atoms with Gasteiger partial charge in [-0.2, -0.15) is 5.10 Å². The van der Waals surface area contributed by atoms with Crippen molar-refractivity contribution in [3.63, 3.8) is 0 Å². The van der Waals surface area contributed by atoms with Gasteiger partial charge in [0.2, 0.25) is 0 Å². The monoisotopic (exact) mass is 223 g/mol. The molecule has 92 valence electrons. The smallest absolute Gasteiger partial charge is 0.0596 e. The predicted octanol–water partition coefficient (Wildman–Crippen LogP) is 2.30. The fourth-order valence-corrected chi connectivity index (χ4v) is 1.96. The first-order chi connectivity index (χ1) is 7.63. The van der Waals surface area contributed by atoms with Gasteiger partial charge in [0.25, 0.3) is 0 Å². The van der Waals surface area contributed by atoms with E-state index in [9.17, 15) is 0 Å². The van der Waals surface area contributed by atoms with Crippen molar-refractivity contribution < 1.29 is 0 Å². The summed E-state index contributed by atoms with van der Waals surface area (Å²) >= 11 is 0. The van der Waals surface area contributed by atoms with Gasteiger partial charge in [0, 0.05) is 12.7 Å². The van der Waals surface area contributed by atoms with Gasteiger partial charge in [0.05, 0.1) is 5.69 Å². The third-order valence-corrected chi connectivity index (χ3v) is 2.90. The minimum Gasteiger partial charge on any atom is -0.317 e. The van der Waals surface area contributed by atoms with Gasteiger partial charge in [-0.1, -0.05) is 13.8 Å². The van der Waals surface area contributed by atoms with Crippen LogP contribution in [0.15, 0.2) is 6.07 Å². The van der Waals surface area contributed by atoms with Gasteiger partial charge < -0.3 is 5.32 Å². The van der Waals surface area contributed by atoms with Crippen LogP contribution in [0.4, 0.5) is 0 Å². The van der Waals surface area contributed by atoms with Crippen molar-refractivity contribution in [2.45, 2.75) is 40.0 Å². The summed E-state index contributed by atoms with van der Waals surface area (Å²) in [6.45, 7) is 8.84. The summed E-state index contributed by atoms with van der Waals surface area (Å²) in [6.07, 6.45) is 3.59. The Morgan fingerprint density at radius 1 is 1.44 bits per heavy atom. The van der Waals surface area contributed by atoms with Crippen molar-refractivity contribution in [3.05, 3.63) is 17.5 Å². The fourth-order valence-electron chi connectivity index (χ4n) is 1.96. The molecule has 0 radical (unpaired) electrons. The molecule has 0 saturated heterocycles. The zero-order valence-corrected chi connectivity index (χ0v) is 11.1. The van der Waals surface area contributed by atoms with E-state index in [1.165, 1.54) is 18.5 Å². The quantitative estimate of drug-likeness (QED) is 0.719. The lowest BCUT2D eigenvalue weighted by Gasteiger charge is -2.11. The minimum absolute atomic E-state index is 0.721. The number of nitrogens with zero attached hydrogens (tertiary/aromatic N) is 2. The van der Waals surface area contributed by atoms with Crippen LogP contribution in [0.2, 0.25) is 0 Å². The molecule has 0 saturated carbocycles. The van der Waals surface area contributed by atoms with Crippen LogP contribution in [0.5, 0.6) is 0 Å². The highest BCUT2D eigenvalue weighted by Gasteiger charge is 2.07. The average Bonchev–Trinajstić information content (AvgIpc) is 2.52. The molecular formula is C13H25N3. The molecule has 1 aromatic rings. The van der Waals surface area contributed by atoms with E-state index in [2.05, 4.69) is 37.3 Å². The van der Waals surface area contributed by atoms with Crippen LogP contribution in [0.25, 0.3) is 0 Å². The number of aryl methyl sites for hydroxylation is 2. The summed E-state index contributed by atoms with van der Waals surface area (Å²) in [6, 6.07) is 2.19. The van der Waals surface area contributed by atoms with E-state index in [1.54, 1.807) is 0 Å². The minimum atomic E-state index is 0.721. The summed E-state index contributed by atoms with van der Waals surface area (Å²) in [5.41, 5.74) is 2.47. The fraction of sp³-hybridized carbons (Fsp3) is 0.769. The van der Waals surface area contributed by atoms with Gasteiger partial charge in [-0.25, -0.2) is 0 Å². The van der Waals surface area contributed by atoms with Gasteiger partial charge >= 0.3 is 0 Å². The Kier molecular flexibility index (Phi) is 5.53. The van der Waals surface area contributed by atoms with E-state index in [0.29, 0.717) is 0 Å². The molecule has 1 unspecified atom stereocenters. The summed E-state index contributed by atoms with van der Waals surface area (Å²) in [5, 5.41) is 7.82. The second-order valence-corrected chi connectivity index (χ2v) is 4.75. The first-order valence-electron chi connectivity index (χ1n) is 6.33. The van der Waals surface area contributed by atoms with Crippen LogP contribution in [0.3, 0.4) is 0 Å². The van der Waals surface area contributed by atoms with Crippen molar-refractivity contribution in [2.75, 3.05) is 13.1 Å². The number of nitrogens with one attached hydrogen (secondary N) is 1. The van der Waals surface area contributed by atoms with Crippen molar-refractivity contribution in [1.82, 2.24) is 15.1 Å². The van der Waals surface area contributed by atoms with Gasteiger partial charge in [0.15, 0.2) is 0 Å². The molecular weight excluding hydrogens is 198 g/mol. The topological polar surface area (TPSA) is 29.9 Å². The Balaban J connectivity index is 2.28. The lowest BCUT2D eigenvalue weighted by molar-refractivity contribution is 0.484. The van der Waals surface area contributed by atoms with Gasteiger partial charge in [-0.05, 0) is 51.3 Å². The molecule has 0 aliphatic heterocycles. The lowest BCUT2D eigenvalue weighted by atomic mass is 10.0. The second-order valence-electron chi connectivity index (χ2n) is 4.75. The highest BCUT2D eigenvalue weighted by atomic mass is 15.3. The number of hydrogen-bond donors (Lipinski definition) is 1. The van der Waals surface area contributed by atoms with Crippen molar-refractivity contribution in [3.8, 4) is 0 Å². The summed E-state index contributed by atoms with van der Waals surface area (Å²) in [4.78, 5) is 0. The molecule has 1 N–H and O–H groups in total. The zero-order valence-electron chi connectivity index (χ0n) is 11.1. The molecule has 1 heterocycles. The van der Waals surface area contributed by atoms with E-state index in [1.807, 2.05) is 11.7 Å². The van der Waals surface area contributed by atoms with Crippen molar-refractivity contribution in [1.29, 1.82) is 0 Å². The first kappa shape index (κ1) is 13.2. The molecule has 0 bridgehead atoms. The molecule has 3 heteroatoms. The van der Waals surface area contributed by atoms with E-state index >= 15 is 0 Å². The lowest BCUT2D eigenvalue weighted by Crippen LogP contribution is -2.19. The standard InChI is InChI=1S/C13H25N3/c1-5-7-14-8-6-11(2)9-13-10-12(3)15-16(13)4/h10-11,14H,5-9H2,1-4H3. The first-order valence-corrected chi connectivity index (χ1v) is 6.33. The third kappa shape index (κ3) is 4.35. The molecule has 3 nitrogen and oxygen atoms in total. The highest BCUT2D eigenvalue weighted by molar-refractivity contribution is 5.09. The summed E-state index contributed by atoms with van der Waals surface area (Å²) in [7, 11) is 2.03. The maximum atomic E-state index is 4.37. The molecule has 1 aromatic heterocycles. The van der Waals surface area contributed by atoms with Crippen LogP contribution in [0, 0.1) is 12.8 Å². The maximum absolute atomic E-state index is 4.37. The Hall–Kier alpha value is -0.830. The predicted molar refractivity (Wildman–Crippen MR) is 68.6 cm³/mol. The molecule has 0 spiro atoms. The Morgan fingerprint density at radius 3 is 2.75 bits per heavy atom. The summed E-state index contributed by atoms with van der Waals surface area (Å²) in [5.74, 6) is 0.721. The molecule has 0 amide bonds. The molecule has 16 heavy (non-hydrogen) atoms. The SMILES string of the molecule is CCCNCCC(C)Cc1cc(C)nn1C. The van der Waals surface area contributed by atoms with Crippen LogP contribution < -0.4 is 5.32 Å². The van der Waals surface area contributed by atoms with Gasteiger partial charge in [-0.3, -0.25) is 4.68 Å². The van der Waals surface area contributed by atoms with E-state index in [0.717, 1.165) is 31.1 Å². The largest absolute Gasteiger partial charge is 0.317 e. The van der Waals surface area contributed by atoms with Crippen LogP contribution in [0.1, 0.15) is 38.1 Å². The molecule has 1 atom stereocenters. The maximum Gasteiger partial charge on any atom is 0.0596 e. The van der Waals surface area contributed by atoms with Gasteiger partial charge in [-0.15, -0.1) is 0 Å². The number of aromatic nitrogens is 2. The molecule has 0 fully saturated rings. The third-order valence-electron chi connectivity index (χ3n) is 2.90. The Morgan fingerprint density at radius 2 is 2.19 bits per heavy atom. The van der Waals surface area contributed by atoms with Crippen LogP contribution >= 0.6 is 0 Å². The van der Waals surface area contributed by atoms with Gasteiger partial charge in [0.1, 0.15) is 0 Å². The molecule has 0 aliphatic rings. The summed E-state index contributed by atoms with van der Waals surface area (Å²) < 4.78 is 2.01. The average molecular weight is 223 g/mol. The normalized spacial score (nSPS) is 13.0. The molecule has 0 aromatic carbocycles. The van der Waals surface area contributed by atoms with Crippen LogP contribution in [-0.4, -0.2) is 22.9 Å². The zero-order chi connectivity index (χ0) is 12.0. The van der Waals surface area contributed by atoms with Crippen molar-refractivity contribution >= 4 is 0 Å². The van der Waals surface area contributed by atoms with E-state index < -0.39 is 0 Å². The Bertz CT molecular complexity index is 304. The second kappa shape index (κ2) is 6.69. The van der Waals surface area contributed by atoms with Crippen LogP contribution in [-0.2, 0) is 13.5 Å². The molecule has 0 aliphatic carbocycles. The van der Waals surface area contributed by atoms with E-state index in [4.69, 9.17) is 0 Å². The highest BCUT2D eigenvalue weighted by Crippen LogP contribution is 2.11. The molecule has 1 rings (SSSR count). The number of rotatable bonds is 7.